The molecule has 0 heterocycles. The maximum absolute atomic E-state index is 5.09. The van der Waals surface area contributed by atoms with Crippen molar-refractivity contribution in [1.29, 1.82) is 0 Å². The van der Waals surface area contributed by atoms with E-state index in [0.29, 0.717) is 0 Å². The van der Waals surface area contributed by atoms with Crippen LogP contribution in [0.25, 0.3) is 10.8 Å². The van der Waals surface area contributed by atoms with Gasteiger partial charge in [0.1, 0.15) is 0 Å². The van der Waals surface area contributed by atoms with E-state index >= 15 is 0 Å². The number of fused-ring (bicyclic) bond motifs is 1. The van der Waals surface area contributed by atoms with Crippen molar-refractivity contribution in [1.82, 2.24) is 0 Å². The first-order valence-electron chi connectivity index (χ1n) is 3.59. The predicted molar refractivity (Wildman–Crippen MR) is 60.6 cm³/mol. The summed E-state index contributed by atoms with van der Waals surface area (Å²) < 4.78 is 5.09. The van der Waals surface area contributed by atoms with Crippen LogP contribution < -0.4 is 4.74 Å². The van der Waals surface area contributed by atoms with Gasteiger partial charge in [-0.05, 0) is 0 Å². The van der Waals surface area contributed by atoms with Crippen molar-refractivity contribution in [2.75, 3.05) is 7.11 Å². The van der Waals surface area contributed by atoms with E-state index in [0.717, 1.165) is 5.75 Å². The van der Waals surface area contributed by atoms with E-state index in [1.807, 2.05) is 18.2 Å². The van der Waals surface area contributed by atoms with Gasteiger partial charge in [-0.3, -0.25) is 0 Å². The molecule has 0 bridgehead atoms. The molecule has 0 atom stereocenters. The predicted octanol–water partition coefficient (Wildman–Crippen LogP) is 3.41. The maximum Gasteiger partial charge on any atom is 0.0999 e. The molecule has 0 saturated heterocycles. The first kappa shape index (κ1) is 16.5. The third-order valence-electron chi connectivity index (χ3n) is 1.85. The average molecular weight is 309 g/mol. The van der Waals surface area contributed by atoms with Gasteiger partial charge in [-0.25, -0.2) is 0 Å². The Morgan fingerprint density at radius 3 is 2.50 bits per heavy atom. The van der Waals surface area contributed by atoms with Gasteiger partial charge < -0.3 is 4.74 Å². The van der Waals surface area contributed by atoms with Crippen LogP contribution in [-0.2, 0) is 26.2 Å². The zero-order chi connectivity index (χ0) is 7.68. The maximum atomic E-state index is 5.09. The first-order chi connectivity index (χ1) is 5.40. The number of ether oxygens (including phenoxy) is 1. The van der Waals surface area contributed by atoms with Crippen molar-refractivity contribution >= 4 is 35.6 Å². The number of benzene rings is 1. The van der Waals surface area contributed by atoms with E-state index in [4.69, 9.17) is 4.74 Å². The summed E-state index contributed by atoms with van der Waals surface area (Å²) in [5, 5.41) is 2.51. The summed E-state index contributed by atoms with van der Waals surface area (Å²) in [6.07, 6.45) is 0. The molecule has 0 spiro atoms. The quantitative estimate of drug-likeness (QED) is 0.734. The monoisotopic (exact) mass is 307 g/mol. The van der Waals surface area contributed by atoms with Crippen molar-refractivity contribution in [3.05, 3.63) is 36.4 Å². The Kier molecular flexibility index (Phi) is 8.72. The Morgan fingerprint density at radius 2 is 1.86 bits per heavy atom. The molecule has 0 aromatic heterocycles. The Bertz CT molecular complexity index is 373. The second kappa shape index (κ2) is 7.39. The van der Waals surface area contributed by atoms with Crippen LogP contribution in [0.5, 0.6) is 5.75 Å². The number of rotatable bonds is 1. The molecular formula is C10H11Cl2OZr-. The Labute approximate surface area is 115 Å². The smallest absolute Gasteiger partial charge is 0.0999 e. The molecule has 0 N–H and O–H groups in total. The summed E-state index contributed by atoms with van der Waals surface area (Å²) in [4.78, 5) is 0. The minimum absolute atomic E-state index is 0. The molecule has 0 saturated carbocycles. The molecule has 1 nitrogen and oxygen atoms in total. The zero-order valence-electron chi connectivity index (χ0n) is 7.69. The van der Waals surface area contributed by atoms with Crippen molar-refractivity contribution < 1.29 is 30.9 Å². The molecule has 0 aliphatic heterocycles. The zero-order valence-corrected chi connectivity index (χ0v) is 11.8. The summed E-state index contributed by atoms with van der Waals surface area (Å²) >= 11 is 0. The van der Waals surface area contributed by atoms with Crippen LogP contribution in [0, 0.1) is 0 Å². The summed E-state index contributed by atoms with van der Waals surface area (Å²) in [6.45, 7) is 0. The molecule has 2 rings (SSSR count). The van der Waals surface area contributed by atoms with Crippen molar-refractivity contribution in [2.24, 2.45) is 0 Å². The van der Waals surface area contributed by atoms with E-state index in [9.17, 15) is 0 Å². The van der Waals surface area contributed by atoms with Crippen LogP contribution in [-0.4, -0.2) is 7.11 Å². The fourth-order valence-electron chi connectivity index (χ4n) is 1.23. The van der Waals surface area contributed by atoms with Crippen LogP contribution in [0.3, 0.4) is 0 Å². The summed E-state index contributed by atoms with van der Waals surface area (Å²) in [5.74, 6) is 0.920. The van der Waals surface area contributed by atoms with Crippen molar-refractivity contribution in [3.8, 4) is 5.75 Å². The normalized spacial score (nSPS) is 8.07. The molecule has 0 aliphatic carbocycles. The van der Waals surface area contributed by atoms with Gasteiger partial charge in [0.2, 0.25) is 0 Å². The van der Waals surface area contributed by atoms with Crippen LogP contribution in [0.2, 0.25) is 0 Å². The van der Waals surface area contributed by atoms with Crippen molar-refractivity contribution in [2.45, 2.75) is 0 Å². The molecule has 76 valence electrons. The third-order valence-corrected chi connectivity index (χ3v) is 1.85. The SMILES string of the molecule is COc1ccc2[cH-]ccc2c1.Cl.Cl.[Zr]. The molecule has 0 aliphatic rings. The molecule has 0 unspecified atom stereocenters. The van der Waals surface area contributed by atoms with Crippen LogP contribution in [0.1, 0.15) is 0 Å². The molecule has 14 heavy (non-hydrogen) atoms. The minimum Gasteiger partial charge on any atom is -0.498 e. The van der Waals surface area contributed by atoms with Gasteiger partial charge in [0.25, 0.3) is 0 Å². The molecule has 0 radical (unpaired) electrons. The number of methoxy groups -OCH3 is 1. The van der Waals surface area contributed by atoms with Gasteiger partial charge >= 0.3 is 0 Å². The standard InChI is InChI=1S/C10H9O.2ClH.Zr/c1-11-10-6-5-8-3-2-4-9(8)7-10;;;/h2-7H,1H3;2*1H;/q-1;;;. The fraction of sp³-hybridized carbons (Fsp3) is 0.100. The van der Waals surface area contributed by atoms with Gasteiger partial charge in [0.15, 0.2) is 0 Å². The van der Waals surface area contributed by atoms with Gasteiger partial charge in [0, 0.05) is 26.2 Å². The second-order valence-corrected chi connectivity index (χ2v) is 2.52. The first-order valence-corrected chi connectivity index (χ1v) is 3.59. The molecular weight excluding hydrogens is 298 g/mol. The topological polar surface area (TPSA) is 9.23 Å². The van der Waals surface area contributed by atoms with Crippen LogP contribution >= 0.6 is 24.8 Å². The van der Waals surface area contributed by atoms with E-state index in [2.05, 4.69) is 18.2 Å². The van der Waals surface area contributed by atoms with Crippen LogP contribution in [0.4, 0.5) is 0 Å². The van der Waals surface area contributed by atoms with Gasteiger partial charge in [-0.1, -0.05) is 12.1 Å². The third kappa shape index (κ3) is 3.34. The fourth-order valence-corrected chi connectivity index (χ4v) is 1.23. The molecule has 2 aromatic carbocycles. The molecule has 0 fully saturated rings. The van der Waals surface area contributed by atoms with E-state index in [1.165, 1.54) is 10.8 Å². The van der Waals surface area contributed by atoms with Gasteiger partial charge in [-0.15, -0.1) is 47.7 Å². The average Bonchev–Trinajstić information content (AvgIpc) is 2.50. The summed E-state index contributed by atoms with van der Waals surface area (Å²) in [7, 11) is 1.68. The molecule has 4 heteroatoms. The van der Waals surface area contributed by atoms with Gasteiger partial charge in [-0.2, -0.15) is 12.1 Å². The second-order valence-electron chi connectivity index (χ2n) is 2.52. The van der Waals surface area contributed by atoms with E-state index < -0.39 is 0 Å². The Balaban J connectivity index is 0. The number of hydrogen-bond acceptors (Lipinski definition) is 1. The minimum atomic E-state index is 0. The van der Waals surface area contributed by atoms with E-state index in [-0.39, 0.29) is 51.0 Å². The number of hydrogen-bond donors (Lipinski definition) is 0. The van der Waals surface area contributed by atoms with E-state index in [1.54, 1.807) is 7.11 Å². The van der Waals surface area contributed by atoms with Crippen LogP contribution in [0.15, 0.2) is 36.4 Å². The molecule has 0 amide bonds. The van der Waals surface area contributed by atoms with Crippen molar-refractivity contribution in [3.63, 3.8) is 0 Å². The largest absolute Gasteiger partial charge is 0.498 e. The van der Waals surface area contributed by atoms with Gasteiger partial charge in [0.05, 0.1) is 12.9 Å². The Hall–Kier alpha value is 0.0931. The summed E-state index contributed by atoms with van der Waals surface area (Å²) in [6, 6.07) is 12.3. The number of halogens is 2. The summed E-state index contributed by atoms with van der Waals surface area (Å²) in [5.41, 5.74) is 0. The Morgan fingerprint density at radius 1 is 1.14 bits per heavy atom. The molecule has 2 aromatic rings.